The van der Waals surface area contributed by atoms with Gasteiger partial charge in [0, 0.05) is 12.6 Å². The van der Waals surface area contributed by atoms with Crippen LogP contribution >= 0.6 is 11.3 Å². The van der Waals surface area contributed by atoms with Crippen LogP contribution in [0.1, 0.15) is 45.4 Å². The van der Waals surface area contributed by atoms with Crippen LogP contribution in [0.4, 0.5) is 21.8 Å². The number of hydrogen-bond donors (Lipinski definition) is 3. The number of anilines is 3. The number of hydrogen-bond acceptors (Lipinski definition) is 7. The molecule has 0 saturated heterocycles. The lowest BCUT2D eigenvalue weighted by Gasteiger charge is -2.17. The van der Waals surface area contributed by atoms with E-state index in [9.17, 15) is 0 Å². The molecule has 0 aliphatic heterocycles. The summed E-state index contributed by atoms with van der Waals surface area (Å²) in [4.78, 5) is 13.0. The predicted molar refractivity (Wildman–Crippen MR) is 114 cm³/mol. The fraction of sp³-hybridized carbons (Fsp3) is 0.421. The molecule has 2 aromatic rings. The van der Waals surface area contributed by atoms with Gasteiger partial charge >= 0.3 is 0 Å². The summed E-state index contributed by atoms with van der Waals surface area (Å²) < 4.78 is 0. The number of allylic oxidation sites excluding steroid dienone is 1. The first-order chi connectivity index (χ1) is 12.4. The minimum absolute atomic E-state index is 0.425. The zero-order valence-electron chi connectivity index (χ0n) is 15.9. The van der Waals surface area contributed by atoms with Crippen LogP contribution in [0.5, 0.6) is 0 Å². The number of nitrogen functional groups attached to an aromatic ring is 1. The van der Waals surface area contributed by atoms with E-state index in [1.807, 2.05) is 24.3 Å². The van der Waals surface area contributed by atoms with Crippen LogP contribution in [0.2, 0.25) is 0 Å². The lowest BCUT2D eigenvalue weighted by molar-refractivity contribution is 0.426. The molecule has 6 nitrogen and oxygen atoms in total. The molecule has 0 amide bonds. The van der Waals surface area contributed by atoms with Gasteiger partial charge in [0.25, 0.3) is 0 Å². The molecule has 0 aromatic carbocycles. The highest BCUT2D eigenvalue weighted by Gasteiger charge is 2.10. The van der Waals surface area contributed by atoms with Crippen LogP contribution < -0.4 is 16.4 Å². The summed E-state index contributed by atoms with van der Waals surface area (Å²) in [6.07, 6.45) is 4.95. The third-order valence-corrected chi connectivity index (χ3v) is 4.98. The summed E-state index contributed by atoms with van der Waals surface area (Å²) >= 11 is 1.44. The van der Waals surface area contributed by atoms with Crippen molar-refractivity contribution in [2.75, 3.05) is 11.1 Å². The second-order valence-electron chi connectivity index (χ2n) is 6.50. The highest BCUT2D eigenvalue weighted by molar-refractivity contribution is 7.19. The van der Waals surface area contributed by atoms with Gasteiger partial charge in [-0.3, -0.25) is 4.99 Å². The van der Waals surface area contributed by atoms with Gasteiger partial charge in [-0.05, 0) is 49.8 Å². The molecule has 0 bridgehead atoms. The summed E-state index contributed by atoms with van der Waals surface area (Å²) in [5.74, 6) is 1.73. The molecule has 0 radical (unpaired) electrons. The largest absolute Gasteiger partial charge is 0.384 e. The Morgan fingerprint density at radius 2 is 2.08 bits per heavy atom. The molecular weight excluding hydrogens is 344 g/mol. The maximum Gasteiger partial charge on any atom is 0.190 e. The van der Waals surface area contributed by atoms with Gasteiger partial charge in [0.15, 0.2) is 5.13 Å². The molecule has 2 rings (SSSR count). The molecule has 140 valence electrons. The second kappa shape index (κ2) is 9.45. The third kappa shape index (κ3) is 5.64. The summed E-state index contributed by atoms with van der Waals surface area (Å²) in [5, 5.41) is 8.24. The van der Waals surface area contributed by atoms with Crippen molar-refractivity contribution in [2.45, 2.75) is 46.7 Å². The monoisotopic (exact) mass is 372 g/mol. The molecule has 4 N–H and O–H groups in total. The smallest absolute Gasteiger partial charge is 0.190 e. The van der Waals surface area contributed by atoms with Gasteiger partial charge in [-0.25, -0.2) is 9.97 Å². The standard InChI is InChI=1S/C19H28N6S/c1-6-7-8-15-18(21-5)26-19(23-15)25-17-10-14(9-16(20)24-17)11-22-13(4)12(2)3/h7-10,12-13,22H,5-6,11H2,1-4H3,(H3,20,23,24,25)/b8-7-/t13-/m0/s1. The third-order valence-electron chi connectivity index (χ3n) is 4.06. The highest BCUT2D eigenvalue weighted by Crippen LogP contribution is 2.33. The summed E-state index contributed by atoms with van der Waals surface area (Å²) in [6.45, 7) is 13.0. The molecule has 0 aliphatic carbocycles. The quantitative estimate of drug-likeness (QED) is 0.553. The number of nitrogens with two attached hydrogens (primary N) is 1. The number of rotatable bonds is 9. The van der Waals surface area contributed by atoms with Gasteiger partial charge in [-0.15, -0.1) is 0 Å². The van der Waals surface area contributed by atoms with E-state index in [4.69, 9.17) is 5.73 Å². The lowest BCUT2D eigenvalue weighted by atomic mass is 10.1. The molecule has 2 aromatic heterocycles. The van der Waals surface area contributed by atoms with Crippen molar-refractivity contribution >= 4 is 45.9 Å². The summed E-state index contributed by atoms with van der Waals surface area (Å²) in [6, 6.07) is 4.30. The van der Waals surface area contributed by atoms with Crippen molar-refractivity contribution in [3.63, 3.8) is 0 Å². The highest BCUT2D eigenvalue weighted by atomic mass is 32.1. The molecule has 0 fully saturated rings. The number of aliphatic imine (C=N–C) groups is 1. The number of nitrogens with one attached hydrogen (secondary N) is 2. The first-order valence-corrected chi connectivity index (χ1v) is 9.65. The molecule has 0 spiro atoms. The first kappa shape index (κ1) is 20.1. The van der Waals surface area contributed by atoms with Crippen LogP contribution in [-0.2, 0) is 6.54 Å². The Morgan fingerprint density at radius 1 is 1.31 bits per heavy atom. The Kier molecular flexibility index (Phi) is 7.29. The predicted octanol–water partition coefficient (Wildman–Crippen LogP) is 4.75. The number of nitrogens with zero attached hydrogens (tertiary/aromatic N) is 3. The molecule has 26 heavy (non-hydrogen) atoms. The zero-order valence-corrected chi connectivity index (χ0v) is 16.7. The van der Waals surface area contributed by atoms with Crippen molar-refractivity contribution in [1.29, 1.82) is 0 Å². The van der Waals surface area contributed by atoms with E-state index in [-0.39, 0.29) is 0 Å². The van der Waals surface area contributed by atoms with E-state index in [0.29, 0.717) is 23.6 Å². The van der Waals surface area contributed by atoms with E-state index >= 15 is 0 Å². The minimum Gasteiger partial charge on any atom is -0.384 e. The average molecular weight is 373 g/mol. The van der Waals surface area contributed by atoms with Gasteiger partial charge in [0.2, 0.25) is 0 Å². The van der Waals surface area contributed by atoms with Crippen molar-refractivity contribution < 1.29 is 0 Å². The minimum atomic E-state index is 0.425. The van der Waals surface area contributed by atoms with E-state index < -0.39 is 0 Å². The van der Waals surface area contributed by atoms with E-state index in [0.717, 1.165) is 34.4 Å². The fourth-order valence-electron chi connectivity index (χ4n) is 2.23. The van der Waals surface area contributed by atoms with E-state index in [1.165, 1.54) is 11.3 Å². The Hall–Kier alpha value is -2.25. The van der Waals surface area contributed by atoms with Crippen LogP contribution in [-0.4, -0.2) is 22.7 Å². The van der Waals surface area contributed by atoms with Gasteiger partial charge in [-0.1, -0.05) is 38.2 Å². The number of aromatic nitrogens is 2. The van der Waals surface area contributed by atoms with Gasteiger partial charge in [0.1, 0.15) is 22.3 Å². The normalized spacial score (nSPS) is 12.7. The van der Waals surface area contributed by atoms with Crippen molar-refractivity contribution in [1.82, 2.24) is 15.3 Å². The summed E-state index contributed by atoms with van der Waals surface area (Å²) in [5.41, 5.74) is 7.86. The van der Waals surface area contributed by atoms with Crippen molar-refractivity contribution in [2.24, 2.45) is 10.9 Å². The maximum atomic E-state index is 5.97. The van der Waals surface area contributed by atoms with Gasteiger partial charge in [-0.2, -0.15) is 0 Å². The molecule has 0 aliphatic rings. The van der Waals surface area contributed by atoms with Gasteiger partial charge < -0.3 is 16.4 Å². The Labute approximate surface area is 159 Å². The Morgan fingerprint density at radius 3 is 2.73 bits per heavy atom. The van der Waals surface area contributed by atoms with Crippen LogP contribution in [0, 0.1) is 5.92 Å². The molecule has 0 saturated carbocycles. The lowest BCUT2D eigenvalue weighted by Crippen LogP contribution is -2.30. The fourth-order valence-corrected chi connectivity index (χ4v) is 3.00. The molecule has 0 unspecified atom stereocenters. The molecule has 2 heterocycles. The molecule has 7 heteroatoms. The van der Waals surface area contributed by atoms with Crippen LogP contribution in [0.15, 0.2) is 23.2 Å². The topological polar surface area (TPSA) is 88.2 Å². The van der Waals surface area contributed by atoms with Gasteiger partial charge in [0.05, 0.1) is 0 Å². The van der Waals surface area contributed by atoms with Crippen LogP contribution in [0.3, 0.4) is 0 Å². The Bertz CT molecular complexity index is 765. The average Bonchev–Trinajstić information content (AvgIpc) is 2.98. The Balaban J connectivity index is 2.15. The summed E-state index contributed by atoms with van der Waals surface area (Å²) in [7, 11) is 0. The van der Waals surface area contributed by atoms with Crippen molar-refractivity contribution in [3.05, 3.63) is 29.5 Å². The second-order valence-corrected chi connectivity index (χ2v) is 7.48. The van der Waals surface area contributed by atoms with E-state index in [1.54, 1.807) is 0 Å². The first-order valence-electron chi connectivity index (χ1n) is 8.83. The molecule has 1 atom stereocenters. The zero-order chi connectivity index (χ0) is 19.1. The maximum absolute atomic E-state index is 5.97. The van der Waals surface area contributed by atoms with Crippen LogP contribution in [0.25, 0.3) is 6.08 Å². The molecular formula is C19H28N6S. The number of thiazole rings is 1. The number of pyridine rings is 1. The van der Waals surface area contributed by atoms with E-state index in [2.05, 4.69) is 60.0 Å². The van der Waals surface area contributed by atoms with Crippen molar-refractivity contribution in [3.8, 4) is 0 Å². The SMILES string of the molecule is C=Nc1sc(Nc2cc(CN[C@@H](C)C(C)C)cc(N)n2)nc1/C=C\CC.